The molecule has 2 amide bonds. The fourth-order valence-electron chi connectivity index (χ4n) is 3.07. The molecule has 0 aliphatic carbocycles. The second-order valence-corrected chi connectivity index (χ2v) is 7.92. The minimum atomic E-state index is -0.650. The summed E-state index contributed by atoms with van der Waals surface area (Å²) in [6.45, 7) is 0.331. The maximum absolute atomic E-state index is 13.5. The van der Waals surface area contributed by atoms with E-state index in [-0.39, 0.29) is 23.8 Å². The van der Waals surface area contributed by atoms with Crippen molar-refractivity contribution in [1.29, 1.82) is 5.26 Å². The van der Waals surface area contributed by atoms with E-state index in [0.717, 1.165) is 11.6 Å². The van der Waals surface area contributed by atoms with Gasteiger partial charge in [-0.3, -0.25) is 9.59 Å². The van der Waals surface area contributed by atoms with E-state index in [1.165, 1.54) is 24.3 Å². The van der Waals surface area contributed by atoms with Crippen LogP contribution in [-0.4, -0.2) is 42.4 Å². The van der Waals surface area contributed by atoms with Crippen LogP contribution in [0.4, 0.5) is 10.1 Å². The van der Waals surface area contributed by atoms with Gasteiger partial charge < -0.3 is 15.4 Å². The molecule has 8 nitrogen and oxygen atoms in total. The number of carbonyl (C=O) groups is 2. The zero-order chi connectivity index (χ0) is 22.4. The summed E-state index contributed by atoms with van der Waals surface area (Å²) in [5.41, 5.74) is 1.06. The molecule has 1 aliphatic heterocycles. The molecule has 1 aliphatic rings. The predicted molar refractivity (Wildman–Crippen MR) is 115 cm³/mol. The highest BCUT2D eigenvalue weighted by Crippen LogP contribution is 2.23. The van der Waals surface area contributed by atoms with E-state index in [1.807, 2.05) is 24.3 Å². The lowest BCUT2D eigenvalue weighted by atomic mass is 10.1. The molecule has 31 heavy (non-hydrogen) atoms. The normalized spacial score (nSPS) is 18.6. The standard InChI is InChI=1S/C21H22FN5O3S/c1-27-19(21(29)25-15-6-7-17(22)14(9-15)11-23)10-18(26-31-27)20(28)24-12-13-4-3-5-16(8-13)30-2/h3-9,18-19,26H,10,12H2,1-2H3,(H,24,28)(H,25,29). The Morgan fingerprint density at radius 2 is 2.13 bits per heavy atom. The summed E-state index contributed by atoms with van der Waals surface area (Å²) >= 11 is 1.17. The van der Waals surface area contributed by atoms with Gasteiger partial charge in [0.25, 0.3) is 0 Å². The minimum absolute atomic E-state index is 0.152. The third-order valence-corrected chi connectivity index (χ3v) is 5.74. The summed E-state index contributed by atoms with van der Waals surface area (Å²) in [7, 11) is 3.31. The third kappa shape index (κ3) is 5.73. The van der Waals surface area contributed by atoms with E-state index < -0.39 is 17.9 Å². The maximum Gasteiger partial charge on any atom is 0.242 e. The van der Waals surface area contributed by atoms with Crippen LogP contribution < -0.4 is 20.1 Å². The molecule has 3 N–H and O–H groups in total. The first-order valence-electron chi connectivity index (χ1n) is 9.47. The third-order valence-electron chi connectivity index (χ3n) is 4.81. The molecule has 0 saturated carbocycles. The Balaban J connectivity index is 1.60. The average molecular weight is 444 g/mol. The van der Waals surface area contributed by atoms with Gasteiger partial charge in [-0.05, 0) is 49.4 Å². The molecule has 0 spiro atoms. The van der Waals surface area contributed by atoms with Crippen LogP contribution in [0, 0.1) is 17.1 Å². The summed E-state index contributed by atoms with van der Waals surface area (Å²) in [5.74, 6) is -0.521. The number of hydrogen-bond acceptors (Lipinski definition) is 7. The highest BCUT2D eigenvalue weighted by atomic mass is 32.2. The van der Waals surface area contributed by atoms with Crippen molar-refractivity contribution in [3.63, 3.8) is 0 Å². The lowest BCUT2D eigenvalue weighted by molar-refractivity contribution is -0.124. The number of ether oxygens (including phenoxy) is 1. The summed E-state index contributed by atoms with van der Waals surface area (Å²) in [5, 5.41) is 14.5. The molecular formula is C21H22FN5O3S. The molecule has 10 heteroatoms. The molecule has 2 unspecified atom stereocenters. The first kappa shape index (κ1) is 22.6. The summed E-state index contributed by atoms with van der Waals surface area (Å²) in [4.78, 5) is 25.4. The molecule has 1 saturated heterocycles. The molecule has 162 valence electrons. The number of halogens is 1. The zero-order valence-electron chi connectivity index (χ0n) is 17.0. The molecule has 2 atom stereocenters. The number of nitriles is 1. The van der Waals surface area contributed by atoms with Gasteiger partial charge in [0.05, 0.1) is 18.7 Å². The van der Waals surface area contributed by atoms with Crippen molar-refractivity contribution >= 4 is 29.6 Å². The number of nitrogens with one attached hydrogen (secondary N) is 3. The summed E-state index contributed by atoms with van der Waals surface area (Å²) in [6.07, 6.45) is 0.242. The van der Waals surface area contributed by atoms with Gasteiger partial charge >= 0.3 is 0 Å². The van der Waals surface area contributed by atoms with Crippen molar-refractivity contribution in [1.82, 2.24) is 14.3 Å². The Morgan fingerprint density at radius 1 is 1.32 bits per heavy atom. The van der Waals surface area contributed by atoms with E-state index in [9.17, 15) is 14.0 Å². The van der Waals surface area contributed by atoms with Gasteiger partial charge in [0.15, 0.2) is 0 Å². The van der Waals surface area contributed by atoms with Crippen molar-refractivity contribution in [2.24, 2.45) is 0 Å². The van der Waals surface area contributed by atoms with E-state index in [2.05, 4.69) is 15.4 Å². The number of likely N-dealkylation sites (N-methyl/N-ethyl adjacent to an activating group) is 1. The van der Waals surface area contributed by atoms with Gasteiger partial charge in [0.2, 0.25) is 11.8 Å². The first-order chi connectivity index (χ1) is 14.9. The number of amides is 2. The fraction of sp³-hybridized carbons (Fsp3) is 0.286. The lowest BCUT2D eigenvalue weighted by Crippen LogP contribution is -2.53. The number of rotatable bonds is 6. The van der Waals surface area contributed by atoms with Crippen molar-refractivity contribution in [2.45, 2.75) is 25.0 Å². The molecule has 0 radical (unpaired) electrons. The Kier molecular flexibility index (Phi) is 7.46. The number of benzene rings is 2. The van der Waals surface area contributed by atoms with Crippen molar-refractivity contribution in [3.8, 4) is 11.8 Å². The van der Waals surface area contributed by atoms with Crippen molar-refractivity contribution in [2.75, 3.05) is 19.5 Å². The topological polar surface area (TPSA) is 106 Å². The smallest absolute Gasteiger partial charge is 0.242 e. The number of anilines is 1. The summed E-state index contributed by atoms with van der Waals surface area (Å²) in [6, 6.07) is 11.7. The Hall–Kier alpha value is -3.13. The maximum atomic E-state index is 13.5. The van der Waals surface area contributed by atoms with Crippen LogP contribution in [0.3, 0.4) is 0 Å². The van der Waals surface area contributed by atoms with Crippen LogP contribution in [-0.2, 0) is 16.1 Å². The van der Waals surface area contributed by atoms with Gasteiger partial charge in [-0.25, -0.2) is 13.4 Å². The number of methoxy groups -OCH3 is 1. The average Bonchev–Trinajstić information content (AvgIpc) is 2.79. The number of carbonyl (C=O) groups excluding carboxylic acids is 2. The molecule has 1 heterocycles. The second-order valence-electron chi connectivity index (χ2n) is 6.92. The molecule has 0 bridgehead atoms. The van der Waals surface area contributed by atoms with Crippen LogP contribution >= 0.6 is 12.1 Å². The Bertz CT molecular complexity index is 1010. The number of hydrogen-bond donors (Lipinski definition) is 3. The highest BCUT2D eigenvalue weighted by molar-refractivity contribution is 7.95. The van der Waals surface area contributed by atoms with E-state index in [4.69, 9.17) is 10.00 Å². The molecular weight excluding hydrogens is 421 g/mol. The molecule has 1 fully saturated rings. The lowest BCUT2D eigenvalue weighted by Gasteiger charge is -2.34. The Morgan fingerprint density at radius 3 is 2.87 bits per heavy atom. The quantitative estimate of drug-likeness (QED) is 0.588. The largest absolute Gasteiger partial charge is 0.497 e. The zero-order valence-corrected chi connectivity index (χ0v) is 17.8. The monoisotopic (exact) mass is 443 g/mol. The second kappa shape index (κ2) is 10.3. The molecule has 2 aromatic carbocycles. The predicted octanol–water partition coefficient (Wildman–Crippen LogP) is 2.19. The number of nitrogens with zero attached hydrogens (tertiary/aromatic N) is 2. The highest BCUT2D eigenvalue weighted by Gasteiger charge is 2.35. The van der Waals surface area contributed by atoms with Crippen LogP contribution in [0.25, 0.3) is 0 Å². The summed E-state index contributed by atoms with van der Waals surface area (Å²) < 4.78 is 23.4. The van der Waals surface area contributed by atoms with Gasteiger partial charge in [-0.15, -0.1) is 0 Å². The van der Waals surface area contributed by atoms with Crippen molar-refractivity contribution in [3.05, 3.63) is 59.4 Å². The van der Waals surface area contributed by atoms with Gasteiger partial charge in [0, 0.05) is 24.4 Å². The van der Waals surface area contributed by atoms with Crippen LogP contribution in [0.1, 0.15) is 17.5 Å². The van der Waals surface area contributed by atoms with Gasteiger partial charge in [-0.1, -0.05) is 12.1 Å². The van der Waals surface area contributed by atoms with Crippen LogP contribution in [0.2, 0.25) is 0 Å². The molecule has 2 aromatic rings. The fourth-order valence-corrected chi connectivity index (χ4v) is 3.88. The van der Waals surface area contributed by atoms with Gasteiger partial charge in [0.1, 0.15) is 23.7 Å². The van der Waals surface area contributed by atoms with Crippen molar-refractivity contribution < 1.29 is 18.7 Å². The molecule has 0 aromatic heterocycles. The van der Waals surface area contributed by atoms with Gasteiger partial charge in [-0.2, -0.15) is 5.26 Å². The first-order valence-corrected chi connectivity index (χ1v) is 10.2. The molecule has 3 rings (SSSR count). The minimum Gasteiger partial charge on any atom is -0.497 e. The van der Waals surface area contributed by atoms with E-state index >= 15 is 0 Å². The van der Waals surface area contributed by atoms with E-state index in [1.54, 1.807) is 24.5 Å². The Labute approximate surface area is 184 Å². The van der Waals surface area contributed by atoms with Crippen LogP contribution in [0.15, 0.2) is 42.5 Å². The van der Waals surface area contributed by atoms with Crippen LogP contribution in [0.5, 0.6) is 5.75 Å². The SMILES string of the molecule is COc1cccc(CNC(=O)C2CC(C(=O)Nc3ccc(F)c(C#N)c3)N(C)SN2)c1. The van der Waals surface area contributed by atoms with E-state index in [0.29, 0.717) is 18.0 Å².